The lowest BCUT2D eigenvalue weighted by atomic mass is 10.1. The maximum Gasteiger partial charge on any atom is 0.338 e. The topological polar surface area (TPSA) is 96.2 Å². The highest BCUT2D eigenvalue weighted by atomic mass is 35.5. The number of fused-ring (bicyclic) bond motifs is 1. The molecular formula is C23H20ClNO7. The Morgan fingerprint density at radius 2 is 1.84 bits per heavy atom. The molecule has 0 aliphatic carbocycles. The van der Waals surface area contributed by atoms with Gasteiger partial charge in [0, 0.05) is 10.6 Å². The van der Waals surface area contributed by atoms with E-state index in [9.17, 15) is 9.59 Å². The van der Waals surface area contributed by atoms with E-state index in [1.165, 1.54) is 19.2 Å². The number of benzene rings is 2. The molecule has 1 N–H and O–H groups in total. The molecule has 166 valence electrons. The number of carbonyl (C=O) groups excluding carboxylic acids is 2. The van der Waals surface area contributed by atoms with Crippen LogP contribution in [0.2, 0.25) is 5.02 Å². The molecule has 0 unspecified atom stereocenters. The zero-order valence-corrected chi connectivity index (χ0v) is 17.9. The Kier molecular flexibility index (Phi) is 6.51. The maximum absolute atomic E-state index is 12.4. The fraction of sp³-hybridized carbons (Fsp3) is 0.217. The van der Waals surface area contributed by atoms with Crippen molar-refractivity contribution in [3.8, 4) is 28.6 Å². The van der Waals surface area contributed by atoms with Crippen LogP contribution >= 0.6 is 11.6 Å². The largest absolute Gasteiger partial charge is 0.493 e. The van der Waals surface area contributed by atoms with Crippen molar-refractivity contribution in [2.75, 3.05) is 26.9 Å². The predicted octanol–water partition coefficient (Wildman–Crippen LogP) is 3.85. The van der Waals surface area contributed by atoms with Crippen molar-refractivity contribution < 1.29 is 33.0 Å². The number of halogens is 1. The van der Waals surface area contributed by atoms with Gasteiger partial charge in [-0.15, -0.1) is 0 Å². The van der Waals surface area contributed by atoms with E-state index >= 15 is 0 Å². The van der Waals surface area contributed by atoms with E-state index in [2.05, 4.69) is 5.32 Å². The van der Waals surface area contributed by atoms with Gasteiger partial charge in [-0.25, -0.2) is 4.79 Å². The number of nitrogens with one attached hydrogen (secondary N) is 1. The van der Waals surface area contributed by atoms with Gasteiger partial charge in [0.1, 0.15) is 24.7 Å². The van der Waals surface area contributed by atoms with Gasteiger partial charge >= 0.3 is 5.97 Å². The van der Waals surface area contributed by atoms with E-state index in [0.717, 1.165) is 5.56 Å². The molecule has 2 heterocycles. The summed E-state index contributed by atoms with van der Waals surface area (Å²) >= 11 is 5.89. The van der Waals surface area contributed by atoms with Crippen molar-refractivity contribution in [2.24, 2.45) is 0 Å². The van der Waals surface area contributed by atoms with E-state index in [0.29, 0.717) is 47.0 Å². The minimum absolute atomic E-state index is 0.155. The number of methoxy groups -OCH3 is 1. The van der Waals surface area contributed by atoms with Crippen LogP contribution in [-0.2, 0) is 16.1 Å². The van der Waals surface area contributed by atoms with Crippen molar-refractivity contribution in [2.45, 2.75) is 6.54 Å². The number of esters is 1. The SMILES string of the molecule is COc1cc(C(=O)OCC(=O)NCc2ccc(-c3ccc(Cl)cc3)o2)cc2c1OCCO2. The number of hydrogen-bond donors (Lipinski definition) is 1. The molecule has 9 heteroatoms. The van der Waals surface area contributed by atoms with Crippen LogP contribution in [-0.4, -0.2) is 38.8 Å². The summed E-state index contributed by atoms with van der Waals surface area (Å²) in [6, 6.07) is 13.8. The normalized spacial score (nSPS) is 12.2. The Labute approximate surface area is 189 Å². The van der Waals surface area contributed by atoms with E-state index in [1.807, 2.05) is 12.1 Å². The molecule has 0 saturated carbocycles. The molecule has 1 amide bonds. The summed E-state index contributed by atoms with van der Waals surface area (Å²) in [4.78, 5) is 24.5. The van der Waals surface area contributed by atoms with E-state index in [1.54, 1.807) is 24.3 Å². The summed E-state index contributed by atoms with van der Waals surface area (Å²) in [5, 5.41) is 3.29. The van der Waals surface area contributed by atoms with Crippen LogP contribution < -0.4 is 19.5 Å². The number of rotatable bonds is 7. The third-order valence-corrected chi connectivity index (χ3v) is 4.90. The smallest absolute Gasteiger partial charge is 0.338 e. The lowest BCUT2D eigenvalue weighted by molar-refractivity contribution is -0.124. The molecule has 1 aliphatic heterocycles. The lowest BCUT2D eigenvalue weighted by Crippen LogP contribution is -2.28. The Morgan fingerprint density at radius 3 is 2.62 bits per heavy atom. The molecule has 1 aliphatic rings. The first-order valence-corrected chi connectivity index (χ1v) is 10.2. The van der Waals surface area contributed by atoms with Crippen LogP contribution in [0, 0.1) is 0 Å². The molecular weight excluding hydrogens is 438 g/mol. The fourth-order valence-corrected chi connectivity index (χ4v) is 3.21. The Balaban J connectivity index is 1.30. The Bertz CT molecular complexity index is 1110. The number of furan rings is 1. The highest BCUT2D eigenvalue weighted by Gasteiger charge is 2.22. The minimum atomic E-state index is -0.682. The zero-order valence-electron chi connectivity index (χ0n) is 17.2. The van der Waals surface area contributed by atoms with Crippen molar-refractivity contribution in [3.05, 3.63) is 64.9 Å². The standard InChI is InChI=1S/C23H20ClNO7/c1-28-19-10-15(11-20-22(19)30-9-8-29-20)23(27)31-13-21(26)25-12-17-6-7-18(32-17)14-2-4-16(24)5-3-14/h2-7,10-11H,8-9,12-13H2,1H3,(H,25,26). The van der Waals surface area contributed by atoms with Crippen molar-refractivity contribution in [1.29, 1.82) is 0 Å². The van der Waals surface area contributed by atoms with Gasteiger partial charge in [0.25, 0.3) is 5.91 Å². The monoisotopic (exact) mass is 457 g/mol. The third-order valence-electron chi connectivity index (χ3n) is 4.65. The van der Waals surface area contributed by atoms with Crippen LogP contribution in [0.15, 0.2) is 52.9 Å². The fourth-order valence-electron chi connectivity index (χ4n) is 3.08. The molecule has 2 aromatic carbocycles. The first-order chi connectivity index (χ1) is 15.5. The molecule has 32 heavy (non-hydrogen) atoms. The first kappa shape index (κ1) is 21.6. The summed E-state index contributed by atoms with van der Waals surface area (Å²) < 4.78 is 27.1. The average molecular weight is 458 g/mol. The van der Waals surface area contributed by atoms with Gasteiger partial charge in [-0.05, 0) is 48.5 Å². The molecule has 0 atom stereocenters. The second-order valence-corrected chi connectivity index (χ2v) is 7.26. The summed E-state index contributed by atoms with van der Waals surface area (Å²) in [6.07, 6.45) is 0. The summed E-state index contributed by atoms with van der Waals surface area (Å²) in [7, 11) is 1.46. The van der Waals surface area contributed by atoms with Crippen molar-refractivity contribution >= 4 is 23.5 Å². The van der Waals surface area contributed by atoms with Crippen molar-refractivity contribution in [1.82, 2.24) is 5.32 Å². The molecule has 0 fully saturated rings. The Hall–Kier alpha value is -3.65. The number of hydrogen-bond acceptors (Lipinski definition) is 7. The summed E-state index contributed by atoms with van der Waals surface area (Å²) in [5.74, 6) is 1.25. The second-order valence-electron chi connectivity index (χ2n) is 6.83. The number of ether oxygens (including phenoxy) is 4. The predicted molar refractivity (Wildman–Crippen MR) is 115 cm³/mol. The lowest BCUT2D eigenvalue weighted by Gasteiger charge is -2.21. The molecule has 0 radical (unpaired) electrons. The van der Waals surface area contributed by atoms with Gasteiger partial charge in [0.2, 0.25) is 5.75 Å². The van der Waals surface area contributed by atoms with Gasteiger partial charge in [0.15, 0.2) is 18.1 Å². The molecule has 0 bridgehead atoms. The third kappa shape index (κ3) is 4.97. The maximum atomic E-state index is 12.4. The second kappa shape index (κ2) is 9.65. The van der Waals surface area contributed by atoms with Crippen LogP contribution in [0.1, 0.15) is 16.1 Å². The molecule has 8 nitrogen and oxygen atoms in total. The summed E-state index contributed by atoms with van der Waals surface area (Å²) in [6.45, 7) is 0.468. The first-order valence-electron chi connectivity index (χ1n) is 9.79. The number of amides is 1. The molecule has 0 saturated heterocycles. The number of carbonyl (C=O) groups is 2. The summed E-state index contributed by atoms with van der Waals surface area (Å²) in [5.41, 5.74) is 1.06. The van der Waals surface area contributed by atoms with Gasteiger partial charge in [-0.3, -0.25) is 4.79 Å². The van der Waals surface area contributed by atoms with Gasteiger partial charge < -0.3 is 28.7 Å². The zero-order chi connectivity index (χ0) is 22.5. The molecule has 3 aromatic rings. The molecule has 0 spiro atoms. The van der Waals surface area contributed by atoms with Crippen LogP contribution in [0.25, 0.3) is 11.3 Å². The van der Waals surface area contributed by atoms with E-state index < -0.39 is 18.5 Å². The van der Waals surface area contributed by atoms with Crippen LogP contribution in [0.4, 0.5) is 0 Å². The quantitative estimate of drug-likeness (QED) is 0.538. The van der Waals surface area contributed by atoms with Crippen LogP contribution in [0.3, 0.4) is 0 Å². The minimum Gasteiger partial charge on any atom is -0.493 e. The van der Waals surface area contributed by atoms with E-state index in [-0.39, 0.29) is 12.1 Å². The molecule has 1 aromatic heterocycles. The van der Waals surface area contributed by atoms with E-state index in [4.69, 9.17) is 35.0 Å². The molecule has 4 rings (SSSR count). The Morgan fingerprint density at radius 1 is 1.06 bits per heavy atom. The van der Waals surface area contributed by atoms with Crippen molar-refractivity contribution in [3.63, 3.8) is 0 Å². The van der Waals surface area contributed by atoms with Gasteiger partial charge in [0.05, 0.1) is 19.2 Å². The average Bonchev–Trinajstić information content (AvgIpc) is 3.30. The van der Waals surface area contributed by atoms with Crippen LogP contribution in [0.5, 0.6) is 17.2 Å². The highest BCUT2D eigenvalue weighted by molar-refractivity contribution is 6.30. The highest BCUT2D eigenvalue weighted by Crippen LogP contribution is 2.40. The van der Waals surface area contributed by atoms with Gasteiger partial charge in [-0.2, -0.15) is 0 Å². The van der Waals surface area contributed by atoms with Gasteiger partial charge in [-0.1, -0.05) is 11.6 Å².